The molecule has 0 heterocycles. The molecule has 1 atom stereocenters. The Labute approximate surface area is 76.5 Å². The summed E-state index contributed by atoms with van der Waals surface area (Å²) in [5.74, 6) is -0.384. The molecule has 0 bridgehead atoms. The van der Waals surface area contributed by atoms with Gasteiger partial charge in [0.05, 0.1) is 0 Å². The molecular formula is C8H16F3NO. The van der Waals surface area contributed by atoms with Crippen LogP contribution in [0, 0.1) is 5.92 Å². The van der Waals surface area contributed by atoms with Crippen molar-refractivity contribution in [3.63, 3.8) is 0 Å². The van der Waals surface area contributed by atoms with Crippen LogP contribution in [0.15, 0.2) is 0 Å². The molecule has 0 aromatic heterocycles. The Hall–Kier alpha value is -0.290. The molecule has 0 rings (SSSR count). The van der Waals surface area contributed by atoms with Gasteiger partial charge in [0.2, 0.25) is 0 Å². The van der Waals surface area contributed by atoms with Crippen molar-refractivity contribution in [3.8, 4) is 0 Å². The van der Waals surface area contributed by atoms with Crippen molar-refractivity contribution in [3.05, 3.63) is 0 Å². The van der Waals surface area contributed by atoms with Gasteiger partial charge in [0.25, 0.3) is 0 Å². The molecular weight excluding hydrogens is 183 g/mol. The average molecular weight is 199 g/mol. The van der Waals surface area contributed by atoms with Crippen LogP contribution in [0.25, 0.3) is 0 Å². The topological polar surface area (TPSA) is 21.3 Å². The van der Waals surface area contributed by atoms with Crippen molar-refractivity contribution in [1.82, 2.24) is 5.32 Å². The van der Waals surface area contributed by atoms with E-state index in [2.05, 4.69) is 5.32 Å². The number of ether oxygens (including phenoxy) is 1. The maximum atomic E-state index is 12.0. The second-order valence-electron chi connectivity index (χ2n) is 3.02. The molecule has 0 saturated heterocycles. The number of hydrogen-bond donors (Lipinski definition) is 1. The number of methoxy groups -OCH3 is 1. The Morgan fingerprint density at radius 3 is 2.38 bits per heavy atom. The third-order valence-electron chi connectivity index (χ3n) is 1.74. The van der Waals surface area contributed by atoms with E-state index in [0.29, 0.717) is 19.6 Å². The molecule has 80 valence electrons. The third kappa shape index (κ3) is 8.05. The predicted octanol–water partition coefficient (Wildman–Crippen LogP) is 1.81. The fourth-order valence-corrected chi connectivity index (χ4v) is 1.18. The second-order valence-corrected chi connectivity index (χ2v) is 3.02. The Morgan fingerprint density at radius 1 is 1.38 bits per heavy atom. The Kier molecular flexibility index (Phi) is 6.07. The summed E-state index contributed by atoms with van der Waals surface area (Å²) in [6, 6.07) is 0. The van der Waals surface area contributed by atoms with Gasteiger partial charge in [-0.05, 0) is 25.9 Å². The highest BCUT2D eigenvalue weighted by atomic mass is 19.4. The minimum atomic E-state index is -4.07. The standard InChI is InChI=1S/C8H16F3NO/c1-12-6-7(3-4-13-2)5-8(9,10)11/h7,12H,3-6H2,1-2H3/t7-/m1/s1. The lowest BCUT2D eigenvalue weighted by Gasteiger charge is -2.17. The van der Waals surface area contributed by atoms with Crippen LogP contribution in [0.1, 0.15) is 12.8 Å². The molecule has 13 heavy (non-hydrogen) atoms. The molecule has 0 aliphatic carbocycles. The zero-order valence-corrected chi connectivity index (χ0v) is 7.95. The van der Waals surface area contributed by atoms with Crippen LogP contribution >= 0.6 is 0 Å². The number of halogens is 3. The first-order chi connectivity index (χ1) is 5.99. The molecule has 5 heteroatoms. The summed E-state index contributed by atoms with van der Waals surface area (Å²) in [5, 5.41) is 2.74. The second kappa shape index (κ2) is 6.21. The normalized spacial score (nSPS) is 14.5. The van der Waals surface area contributed by atoms with Crippen LogP contribution in [0.2, 0.25) is 0 Å². The lowest BCUT2D eigenvalue weighted by Crippen LogP contribution is -2.25. The molecule has 2 nitrogen and oxygen atoms in total. The van der Waals surface area contributed by atoms with Crippen molar-refractivity contribution >= 4 is 0 Å². The molecule has 0 spiro atoms. The van der Waals surface area contributed by atoms with E-state index in [1.165, 1.54) is 7.11 Å². The van der Waals surface area contributed by atoms with Gasteiger partial charge in [-0.2, -0.15) is 13.2 Å². The number of alkyl halides is 3. The van der Waals surface area contributed by atoms with E-state index in [-0.39, 0.29) is 5.92 Å². The SMILES string of the molecule is CNC[C@H](CCOC)CC(F)(F)F. The lowest BCUT2D eigenvalue weighted by atomic mass is 10.0. The molecule has 0 saturated carbocycles. The van der Waals surface area contributed by atoms with Gasteiger partial charge in [-0.15, -0.1) is 0 Å². The lowest BCUT2D eigenvalue weighted by molar-refractivity contribution is -0.145. The smallest absolute Gasteiger partial charge is 0.385 e. The van der Waals surface area contributed by atoms with Crippen molar-refractivity contribution in [2.45, 2.75) is 19.0 Å². The van der Waals surface area contributed by atoms with Crippen LogP contribution in [-0.2, 0) is 4.74 Å². The van der Waals surface area contributed by atoms with Gasteiger partial charge in [-0.25, -0.2) is 0 Å². The highest BCUT2D eigenvalue weighted by molar-refractivity contribution is 4.65. The minimum Gasteiger partial charge on any atom is -0.385 e. The zero-order valence-electron chi connectivity index (χ0n) is 7.95. The summed E-state index contributed by atoms with van der Waals surface area (Å²) in [4.78, 5) is 0. The van der Waals surface area contributed by atoms with Gasteiger partial charge < -0.3 is 10.1 Å². The fraction of sp³-hybridized carbons (Fsp3) is 1.00. The highest BCUT2D eigenvalue weighted by Gasteiger charge is 2.31. The maximum absolute atomic E-state index is 12.0. The van der Waals surface area contributed by atoms with Crippen LogP contribution in [0.5, 0.6) is 0 Å². The summed E-state index contributed by atoms with van der Waals surface area (Å²) < 4.78 is 40.7. The van der Waals surface area contributed by atoms with E-state index >= 15 is 0 Å². The maximum Gasteiger partial charge on any atom is 0.389 e. The van der Waals surface area contributed by atoms with Crippen molar-refractivity contribution in [2.24, 2.45) is 5.92 Å². The summed E-state index contributed by atoms with van der Waals surface area (Å²) in [7, 11) is 3.14. The summed E-state index contributed by atoms with van der Waals surface area (Å²) in [6.45, 7) is 0.755. The van der Waals surface area contributed by atoms with Gasteiger partial charge in [0.1, 0.15) is 0 Å². The minimum absolute atomic E-state index is 0.377. The fourth-order valence-electron chi connectivity index (χ4n) is 1.18. The van der Waals surface area contributed by atoms with Crippen molar-refractivity contribution in [1.29, 1.82) is 0 Å². The Bertz CT molecular complexity index is 127. The van der Waals surface area contributed by atoms with Crippen molar-refractivity contribution < 1.29 is 17.9 Å². The number of rotatable bonds is 6. The van der Waals surface area contributed by atoms with Gasteiger partial charge in [0, 0.05) is 20.1 Å². The molecule has 0 aliphatic rings. The van der Waals surface area contributed by atoms with Crippen LogP contribution in [0.4, 0.5) is 13.2 Å². The summed E-state index contributed by atoms with van der Waals surface area (Å²) in [5.41, 5.74) is 0. The molecule has 0 aromatic carbocycles. The number of hydrogen-bond acceptors (Lipinski definition) is 2. The monoisotopic (exact) mass is 199 g/mol. The third-order valence-corrected chi connectivity index (χ3v) is 1.74. The van der Waals surface area contributed by atoms with E-state index in [9.17, 15) is 13.2 Å². The molecule has 0 amide bonds. The first-order valence-electron chi connectivity index (χ1n) is 4.20. The van der Waals surface area contributed by atoms with Gasteiger partial charge in [-0.1, -0.05) is 0 Å². The summed E-state index contributed by atoms with van der Waals surface area (Å²) >= 11 is 0. The highest BCUT2D eigenvalue weighted by Crippen LogP contribution is 2.26. The van der Waals surface area contributed by atoms with Gasteiger partial charge in [-0.3, -0.25) is 0 Å². The molecule has 0 aromatic rings. The largest absolute Gasteiger partial charge is 0.389 e. The molecule has 1 N–H and O–H groups in total. The first kappa shape index (κ1) is 12.7. The quantitative estimate of drug-likeness (QED) is 0.704. The molecule has 0 fully saturated rings. The predicted molar refractivity (Wildman–Crippen MR) is 44.6 cm³/mol. The van der Waals surface area contributed by atoms with Crippen molar-refractivity contribution in [2.75, 3.05) is 27.3 Å². The Balaban J connectivity index is 3.79. The molecule has 0 radical (unpaired) electrons. The summed E-state index contributed by atoms with van der Waals surface area (Å²) in [6.07, 6.45) is -4.37. The molecule has 0 unspecified atom stereocenters. The van der Waals surface area contributed by atoms with E-state index in [1.807, 2.05) is 0 Å². The van der Waals surface area contributed by atoms with Gasteiger partial charge >= 0.3 is 6.18 Å². The van der Waals surface area contributed by atoms with E-state index in [1.54, 1.807) is 7.05 Å². The van der Waals surface area contributed by atoms with Crippen LogP contribution in [0.3, 0.4) is 0 Å². The van der Waals surface area contributed by atoms with Crippen LogP contribution in [-0.4, -0.2) is 33.5 Å². The molecule has 0 aliphatic heterocycles. The first-order valence-corrected chi connectivity index (χ1v) is 4.20. The number of nitrogens with one attached hydrogen (secondary N) is 1. The van der Waals surface area contributed by atoms with E-state index < -0.39 is 12.6 Å². The Morgan fingerprint density at radius 2 is 2.00 bits per heavy atom. The zero-order chi connectivity index (χ0) is 10.3. The van der Waals surface area contributed by atoms with Crippen LogP contribution < -0.4 is 5.32 Å². The average Bonchev–Trinajstić information content (AvgIpc) is 1.98. The van der Waals surface area contributed by atoms with E-state index in [0.717, 1.165) is 0 Å². The van der Waals surface area contributed by atoms with Gasteiger partial charge in [0.15, 0.2) is 0 Å². The van der Waals surface area contributed by atoms with E-state index in [4.69, 9.17) is 4.74 Å².